The average molecular weight is 287 g/mol. The molecule has 0 bridgehead atoms. The van der Waals surface area contributed by atoms with Crippen molar-refractivity contribution in [3.05, 3.63) is 54.2 Å². The van der Waals surface area contributed by atoms with Crippen LogP contribution in [0.25, 0.3) is 0 Å². The summed E-state index contributed by atoms with van der Waals surface area (Å²) in [6.07, 6.45) is 1.89. The fourth-order valence-electron chi connectivity index (χ4n) is 1.76. The summed E-state index contributed by atoms with van der Waals surface area (Å²) in [4.78, 5) is 3.12. The number of aromatic nitrogens is 1. The highest BCUT2D eigenvalue weighted by atomic mass is 32.1. The third-order valence-electron chi connectivity index (χ3n) is 2.83. The minimum atomic E-state index is 0.637. The first-order valence-corrected chi connectivity index (χ1v) is 6.97. The lowest BCUT2D eigenvalue weighted by atomic mass is 10.2. The standard InChI is InChI=1S/C15H18N4S/c1-12-6-2-3-7-13(12)19-15(20)18-11-10-17-14-8-4-5-9-16-14/h2-9H,10-11H2,1H3,(H,16,17)(H2,18,19,20)/p+1. The maximum absolute atomic E-state index is 5.27. The van der Waals surface area contributed by atoms with Gasteiger partial charge < -0.3 is 10.6 Å². The van der Waals surface area contributed by atoms with Gasteiger partial charge in [-0.15, -0.1) is 0 Å². The third-order valence-corrected chi connectivity index (χ3v) is 3.07. The van der Waals surface area contributed by atoms with E-state index in [2.05, 4.69) is 33.9 Å². The van der Waals surface area contributed by atoms with Gasteiger partial charge in [-0.1, -0.05) is 24.3 Å². The molecule has 0 fully saturated rings. The van der Waals surface area contributed by atoms with E-state index in [1.807, 2.05) is 42.6 Å². The molecular weight excluding hydrogens is 268 g/mol. The number of aromatic amines is 1. The van der Waals surface area contributed by atoms with Gasteiger partial charge in [0.25, 0.3) is 5.82 Å². The van der Waals surface area contributed by atoms with Gasteiger partial charge in [-0.25, -0.2) is 4.98 Å². The minimum absolute atomic E-state index is 0.637. The molecule has 0 amide bonds. The van der Waals surface area contributed by atoms with Gasteiger partial charge >= 0.3 is 0 Å². The first-order chi connectivity index (χ1) is 9.75. The van der Waals surface area contributed by atoms with Crippen LogP contribution in [0.1, 0.15) is 5.56 Å². The molecule has 2 rings (SSSR count). The van der Waals surface area contributed by atoms with Gasteiger partial charge in [0, 0.05) is 11.8 Å². The molecule has 2 aromatic rings. The fourth-order valence-corrected chi connectivity index (χ4v) is 1.97. The quantitative estimate of drug-likeness (QED) is 0.583. The molecular formula is C15H19N4S+. The topological polar surface area (TPSA) is 50.2 Å². The van der Waals surface area contributed by atoms with Crippen molar-refractivity contribution in [3.63, 3.8) is 0 Å². The van der Waals surface area contributed by atoms with Crippen molar-refractivity contribution in [2.24, 2.45) is 0 Å². The number of benzene rings is 1. The molecule has 0 spiro atoms. The summed E-state index contributed by atoms with van der Waals surface area (Å²) in [5.74, 6) is 0.993. The van der Waals surface area contributed by atoms with Crippen molar-refractivity contribution < 1.29 is 4.98 Å². The summed E-state index contributed by atoms with van der Waals surface area (Å²) in [5.41, 5.74) is 2.21. The van der Waals surface area contributed by atoms with Crippen molar-refractivity contribution >= 4 is 28.8 Å². The van der Waals surface area contributed by atoms with Gasteiger partial charge in [0.1, 0.15) is 6.54 Å². The highest BCUT2D eigenvalue weighted by molar-refractivity contribution is 7.80. The van der Waals surface area contributed by atoms with Crippen LogP contribution in [0.4, 0.5) is 11.5 Å². The molecule has 20 heavy (non-hydrogen) atoms. The van der Waals surface area contributed by atoms with Crippen LogP contribution >= 0.6 is 12.2 Å². The van der Waals surface area contributed by atoms with Crippen molar-refractivity contribution in [3.8, 4) is 0 Å². The van der Waals surface area contributed by atoms with Gasteiger partial charge in [0.15, 0.2) is 5.11 Å². The normalized spacial score (nSPS) is 9.85. The Morgan fingerprint density at radius 2 is 1.90 bits per heavy atom. The van der Waals surface area contributed by atoms with Crippen LogP contribution in [-0.2, 0) is 0 Å². The maximum atomic E-state index is 5.27. The van der Waals surface area contributed by atoms with Crippen molar-refractivity contribution in [1.29, 1.82) is 0 Å². The number of anilines is 2. The molecule has 0 unspecified atom stereocenters. The molecule has 4 N–H and O–H groups in total. The Morgan fingerprint density at radius 1 is 1.10 bits per heavy atom. The lowest BCUT2D eigenvalue weighted by Crippen LogP contribution is -2.33. The summed E-state index contributed by atoms with van der Waals surface area (Å²) in [6, 6.07) is 14.0. The molecule has 0 atom stereocenters. The Bertz CT molecular complexity index is 557. The molecule has 4 nitrogen and oxygen atoms in total. The van der Waals surface area contributed by atoms with Crippen molar-refractivity contribution in [2.45, 2.75) is 6.92 Å². The van der Waals surface area contributed by atoms with Crippen LogP contribution < -0.4 is 20.9 Å². The van der Waals surface area contributed by atoms with E-state index in [9.17, 15) is 0 Å². The Hall–Kier alpha value is -2.14. The SMILES string of the molecule is Cc1ccccc1NC(=S)NCCNc1cccc[nH+]1. The first kappa shape index (κ1) is 14.3. The molecule has 0 saturated heterocycles. The number of hydrogen-bond donors (Lipinski definition) is 3. The smallest absolute Gasteiger partial charge is 0.272 e. The molecule has 0 radical (unpaired) electrons. The number of H-pyrrole nitrogens is 1. The Morgan fingerprint density at radius 3 is 2.65 bits per heavy atom. The van der Waals surface area contributed by atoms with Gasteiger partial charge in [-0.05, 0) is 36.8 Å². The second-order valence-corrected chi connectivity index (χ2v) is 4.81. The number of para-hydroxylation sites is 1. The van der Waals surface area contributed by atoms with E-state index in [0.29, 0.717) is 5.11 Å². The van der Waals surface area contributed by atoms with E-state index >= 15 is 0 Å². The number of pyridine rings is 1. The van der Waals surface area contributed by atoms with E-state index in [0.717, 1.165) is 24.6 Å². The minimum Gasteiger partial charge on any atom is -0.359 e. The van der Waals surface area contributed by atoms with Crippen molar-refractivity contribution in [2.75, 3.05) is 23.7 Å². The molecule has 0 aliphatic rings. The summed E-state index contributed by atoms with van der Waals surface area (Å²) < 4.78 is 0. The highest BCUT2D eigenvalue weighted by Crippen LogP contribution is 2.12. The number of hydrogen-bond acceptors (Lipinski definition) is 2. The fraction of sp³-hybridized carbons (Fsp3) is 0.200. The zero-order chi connectivity index (χ0) is 14.2. The summed E-state index contributed by atoms with van der Waals surface area (Å²) in [6.45, 7) is 3.59. The van der Waals surface area contributed by atoms with E-state index in [4.69, 9.17) is 12.2 Å². The number of rotatable bonds is 5. The van der Waals surface area contributed by atoms with Gasteiger partial charge in [-0.2, -0.15) is 0 Å². The van der Waals surface area contributed by atoms with Crippen LogP contribution in [0, 0.1) is 6.92 Å². The molecule has 5 heteroatoms. The lowest BCUT2D eigenvalue weighted by molar-refractivity contribution is -0.361. The first-order valence-electron chi connectivity index (χ1n) is 6.57. The Kier molecular flexibility index (Phi) is 5.32. The molecule has 0 aliphatic heterocycles. The van der Waals surface area contributed by atoms with Crippen LogP contribution in [0.15, 0.2) is 48.7 Å². The van der Waals surface area contributed by atoms with E-state index in [1.165, 1.54) is 5.56 Å². The summed E-state index contributed by atoms with van der Waals surface area (Å²) in [5, 5.41) is 10.3. The van der Waals surface area contributed by atoms with Gasteiger partial charge in [0.05, 0.1) is 12.7 Å². The predicted octanol–water partition coefficient (Wildman–Crippen LogP) is 2.21. The Balaban J connectivity index is 1.69. The van der Waals surface area contributed by atoms with E-state index in [-0.39, 0.29) is 0 Å². The third kappa shape index (κ3) is 4.51. The zero-order valence-electron chi connectivity index (χ0n) is 11.4. The van der Waals surface area contributed by atoms with Gasteiger partial charge in [-0.3, -0.25) is 5.32 Å². The molecule has 1 aromatic carbocycles. The van der Waals surface area contributed by atoms with Gasteiger partial charge in [0.2, 0.25) is 0 Å². The van der Waals surface area contributed by atoms with Crippen LogP contribution in [-0.4, -0.2) is 18.2 Å². The Labute approximate surface area is 124 Å². The number of aryl methyl sites for hydroxylation is 1. The van der Waals surface area contributed by atoms with Crippen molar-refractivity contribution in [1.82, 2.24) is 5.32 Å². The lowest BCUT2D eigenvalue weighted by Gasteiger charge is -2.11. The second-order valence-electron chi connectivity index (χ2n) is 4.40. The molecule has 1 aromatic heterocycles. The highest BCUT2D eigenvalue weighted by Gasteiger charge is 2.01. The van der Waals surface area contributed by atoms with E-state index < -0.39 is 0 Å². The molecule has 1 heterocycles. The second kappa shape index (κ2) is 7.45. The largest absolute Gasteiger partial charge is 0.359 e. The van der Waals surface area contributed by atoms with Crippen LogP contribution in [0.2, 0.25) is 0 Å². The molecule has 0 saturated carbocycles. The predicted molar refractivity (Wildman–Crippen MR) is 86.9 cm³/mol. The molecule has 0 aliphatic carbocycles. The monoisotopic (exact) mass is 287 g/mol. The van der Waals surface area contributed by atoms with Crippen LogP contribution in [0.5, 0.6) is 0 Å². The number of thiocarbonyl (C=S) groups is 1. The average Bonchev–Trinajstić information content (AvgIpc) is 2.47. The van der Waals surface area contributed by atoms with Crippen LogP contribution in [0.3, 0.4) is 0 Å². The summed E-state index contributed by atoms with van der Waals surface area (Å²) >= 11 is 5.27. The molecule has 104 valence electrons. The number of nitrogens with one attached hydrogen (secondary N) is 4. The summed E-state index contributed by atoms with van der Waals surface area (Å²) in [7, 11) is 0. The zero-order valence-corrected chi connectivity index (χ0v) is 12.3. The maximum Gasteiger partial charge on any atom is 0.272 e. The van der Waals surface area contributed by atoms with E-state index in [1.54, 1.807) is 0 Å².